The number of carbonyl (C=O) groups excluding carboxylic acids is 1. The number of hydrogen-bond donors (Lipinski definition) is 0. The fraction of sp³-hybridized carbons (Fsp3) is 0.909. The van der Waals surface area contributed by atoms with E-state index in [4.69, 9.17) is 0 Å². The minimum absolute atomic E-state index is 0.513. The van der Waals surface area contributed by atoms with Crippen LogP contribution in [0.5, 0.6) is 0 Å². The highest BCUT2D eigenvalue weighted by molar-refractivity contribution is 7.99. The molecule has 3 aliphatic carbocycles. The van der Waals surface area contributed by atoms with E-state index in [0.717, 1.165) is 29.4 Å². The lowest BCUT2D eigenvalue weighted by atomic mass is 10.0. The summed E-state index contributed by atoms with van der Waals surface area (Å²) in [5, 5.41) is 0. The monoisotopic (exact) mass is 196 g/mol. The van der Waals surface area contributed by atoms with E-state index in [2.05, 4.69) is 0 Å². The first-order valence-electron chi connectivity index (χ1n) is 5.34. The van der Waals surface area contributed by atoms with Gasteiger partial charge in [0.25, 0.3) is 0 Å². The highest BCUT2D eigenvalue weighted by atomic mass is 32.2. The van der Waals surface area contributed by atoms with Gasteiger partial charge in [-0.3, -0.25) is 4.79 Å². The van der Waals surface area contributed by atoms with Crippen LogP contribution in [0.3, 0.4) is 0 Å². The van der Waals surface area contributed by atoms with Gasteiger partial charge in [0.05, 0.1) is 5.75 Å². The molecule has 0 radical (unpaired) electrons. The van der Waals surface area contributed by atoms with Gasteiger partial charge in [0, 0.05) is 5.92 Å². The molecule has 0 aromatic rings. The summed E-state index contributed by atoms with van der Waals surface area (Å²) >= 11 is 1.69. The van der Waals surface area contributed by atoms with Gasteiger partial charge < -0.3 is 0 Å². The van der Waals surface area contributed by atoms with Crippen molar-refractivity contribution in [1.29, 1.82) is 0 Å². The van der Waals surface area contributed by atoms with Crippen molar-refractivity contribution in [2.24, 2.45) is 29.6 Å². The quantitative estimate of drug-likeness (QED) is 0.688. The Morgan fingerprint density at radius 2 is 1.92 bits per heavy atom. The van der Waals surface area contributed by atoms with Gasteiger partial charge in [0.15, 0.2) is 0 Å². The molecule has 0 saturated heterocycles. The second-order valence-electron chi connectivity index (χ2n) is 4.91. The zero-order valence-corrected chi connectivity index (χ0v) is 8.85. The van der Waals surface area contributed by atoms with Crippen molar-refractivity contribution in [1.82, 2.24) is 0 Å². The molecule has 0 aromatic heterocycles. The molecule has 4 unspecified atom stereocenters. The van der Waals surface area contributed by atoms with Crippen molar-refractivity contribution < 1.29 is 4.79 Å². The number of rotatable bonds is 3. The van der Waals surface area contributed by atoms with Crippen molar-refractivity contribution in [3.8, 4) is 0 Å². The summed E-state index contributed by atoms with van der Waals surface area (Å²) in [6.45, 7) is 0. The average molecular weight is 196 g/mol. The largest absolute Gasteiger partial charge is 0.298 e. The van der Waals surface area contributed by atoms with Gasteiger partial charge in [-0.05, 0) is 49.2 Å². The SMILES string of the molecule is CSCC(=O)C1C2C3CCC(C3)C12. The molecular formula is C11H16OS. The number of thioether (sulfide) groups is 1. The maximum atomic E-state index is 11.7. The number of ketones is 1. The maximum Gasteiger partial charge on any atom is 0.146 e. The van der Waals surface area contributed by atoms with E-state index in [-0.39, 0.29) is 0 Å². The fourth-order valence-electron chi connectivity index (χ4n) is 3.99. The van der Waals surface area contributed by atoms with E-state index < -0.39 is 0 Å². The van der Waals surface area contributed by atoms with Gasteiger partial charge in [-0.1, -0.05) is 0 Å². The summed E-state index contributed by atoms with van der Waals surface area (Å²) in [4.78, 5) is 11.7. The van der Waals surface area contributed by atoms with E-state index in [1.165, 1.54) is 19.3 Å². The van der Waals surface area contributed by atoms with Crippen LogP contribution in [0.1, 0.15) is 19.3 Å². The van der Waals surface area contributed by atoms with Crippen LogP contribution in [0, 0.1) is 29.6 Å². The van der Waals surface area contributed by atoms with Gasteiger partial charge in [-0.2, -0.15) is 11.8 Å². The Bertz CT molecular complexity index is 234. The molecule has 2 bridgehead atoms. The maximum absolute atomic E-state index is 11.7. The molecule has 72 valence electrons. The van der Waals surface area contributed by atoms with Crippen molar-refractivity contribution >= 4 is 17.5 Å². The minimum Gasteiger partial charge on any atom is -0.298 e. The number of hydrogen-bond acceptors (Lipinski definition) is 2. The van der Waals surface area contributed by atoms with Crippen LogP contribution >= 0.6 is 11.8 Å². The average Bonchev–Trinajstić information content (AvgIpc) is 2.57. The Balaban J connectivity index is 1.69. The smallest absolute Gasteiger partial charge is 0.146 e. The molecule has 13 heavy (non-hydrogen) atoms. The third-order valence-electron chi connectivity index (χ3n) is 4.39. The van der Waals surface area contributed by atoms with E-state index in [0.29, 0.717) is 11.7 Å². The topological polar surface area (TPSA) is 17.1 Å². The van der Waals surface area contributed by atoms with E-state index >= 15 is 0 Å². The van der Waals surface area contributed by atoms with Gasteiger partial charge in [0.2, 0.25) is 0 Å². The van der Waals surface area contributed by atoms with Crippen molar-refractivity contribution in [2.45, 2.75) is 19.3 Å². The van der Waals surface area contributed by atoms with Crippen LogP contribution in [0.25, 0.3) is 0 Å². The highest BCUT2D eigenvalue weighted by Gasteiger charge is 2.66. The Labute approximate surface area is 83.7 Å². The molecule has 0 aromatic carbocycles. The molecule has 0 heterocycles. The van der Waals surface area contributed by atoms with Crippen LogP contribution in [-0.2, 0) is 4.79 Å². The molecule has 0 spiro atoms. The number of Topliss-reactive ketones (excluding diaryl/α,β-unsaturated/α-hetero) is 1. The van der Waals surface area contributed by atoms with Gasteiger partial charge in [0.1, 0.15) is 5.78 Å². The summed E-state index contributed by atoms with van der Waals surface area (Å²) in [6, 6.07) is 0. The first-order chi connectivity index (χ1) is 6.33. The minimum atomic E-state index is 0.513. The molecule has 0 aliphatic heterocycles. The van der Waals surface area contributed by atoms with E-state index in [9.17, 15) is 4.79 Å². The predicted molar refractivity (Wildman–Crippen MR) is 54.7 cm³/mol. The van der Waals surface area contributed by atoms with Gasteiger partial charge >= 0.3 is 0 Å². The summed E-state index contributed by atoms with van der Waals surface area (Å²) in [7, 11) is 0. The molecule has 4 atom stereocenters. The van der Waals surface area contributed by atoms with Gasteiger partial charge in [-0.25, -0.2) is 0 Å². The number of carbonyl (C=O) groups is 1. The predicted octanol–water partition coefficient (Wildman–Crippen LogP) is 2.21. The highest BCUT2D eigenvalue weighted by Crippen LogP contribution is 2.69. The molecule has 3 aliphatic rings. The molecule has 3 rings (SSSR count). The van der Waals surface area contributed by atoms with Crippen molar-refractivity contribution in [3.63, 3.8) is 0 Å². The zero-order valence-electron chi connectivity index (χ0n) is 8.03. The zero-order chi connectivity index (χ0) is 9.00. The Kier molecular flexibility index (Phi) is 1.77. The second kappa shape index (κ2) is 2.75. The van der Waals surface area contributed by atoms with E-state index in [1.807, 2.05) is 6.26 Å². The van der Waals surface area contributed by atoms with Crippen LogP contribution in [-0.4, -0.2) is 17.8 Å². The van der Waals surface area contributed by atoms with Crippen molar-refractivity contribution in [2.75, 3.05) is 12.0 Å². The Morgan fingerprint density at radius 3 is 2.46 bits per heavy atom. The summed E-state index contributed by atoms with van der Waals surface area (Å²) in [6.07, 6.45) is 6.34. The van der Waals surface area contributed by atoms with Crippen LogP contribution < -0.4 is 0 Å². The normalized spacial score (nSPS) is 50.7. The summed E-state index contributed by atoms with van der Waals surface area (Å²) in [5.41, 5.74) is 0. The summed E-state index contributed by atoms with van der Waals surface area (Å²) in [5.74, 6) is 5.42. The first-order valence-corrected chi connectivity index (χ1v) is 6.74. The second-order valence-corrected chi connectivity index (χ2v) is 5.78. The number of fused-ring (bicyclic) bond motifs is 5. The van der Waals surface area contributed by atoms with Crippen LogP contribution in [0.4, 0.5) is 0 Å². The first kappa shape index (κ1) is 8.34. The standard InChI is InChI=1S/C11H16OS/c1-13-5-8(12)11-9-6-2-3-7(4-6)10(9)11/h6-7,9-11H,2-5H2,1H3. The molecule has 3 fully saturated rings. The van der Waals surface area contributed by atoms with E-state index in [1.54, 1.807) is 11.8 Å². The van der Waals surface area contributed by atoms with Crippen LogP contribution in [0.2, 0.25) is 0 Å². The lowest BCUT2D eigenvalue weighted by Crippen LogP contribution is -2.11. The molecule has 1 nitrogen and oxygen atoms in total. The van der Waals surface area contributed by atoms with Gasteiger partial charge in [-0.15, -0.1) is 0 Å². The molecule has 0 N–H and O–H groups in total. The lowest BCUT2D eigenvalue weighted by molar-refractivity contribution is -0.118. The molecule has 3 saturated carbocycles. The van der Waals surface area contributed by atoms with Crippen molar-refractivity contribution in [3.05, 3.63) is 0 Å². The third kappa shape index (κ3) is 1.04. The Morgan fingerprint density at radius 1 is 1.31 bits per heavy atom. The summed E-state index contributed by atoms with van der Waals surface area (Å²) < 4.78 is 0. The molecular weight excluding hydrogens is 180 g/mol. The molecule has 0 amide bonds. The Hall–Kier alpha value is 0.0200. The third-order valence-corrected chi connectivity index (χ3v) is 4.97. The molecule has 2 heteroatoms. The lowest BCUT2D eigenvalue weighted by Gasteiger charge is -2.06. The van der Waals surface area contributed by atoms with Crippen LogP contribution in [0.15, 0.2) is 0 Å². The fourth-order valence-corrected chi connectivity index (χ4v) is 4.47.